The molecule has 0 spiro atoms. The summed E-state index contributed by atoms with van der Waals surface area (Å²) < 4.78 is 9.38. The molecule has 0 bridgehead atoms. The molecule has 0 radical (unpaired) electrons. The first kappa shape index (κ1) is 15.1. The highest BCUT2D eigenvalue weighted by Crippen LogP contribution is 2.29. The van der Waals surface area contributed by atoms with E-state index in [1.807, 2.05) is 31.5 Å². The monoisotopic (exact) mass is 351 g/mol. The van der Waals surface area contributed by atoms with Crippen LogP contribution in [0, 0.1) is 13.8 Å². The van der Waals surface area contributed by atoms with Crippen LogP contribution in [0.1, 0.15) is 29.1 Å². The van der Waals surface area contributed by atoms with Crippen molar-refractivity contribution in [1.29, 1.82) is 0 Å². The van der Waals surface area contributed by atoms with Crippen molar-refractivity contribution < 1.29 is 4.52 Å². The molecule has 1 aliphatic rings. The molecule has 10 heteroatoms. The molecular weight excluding hydrogens is 334 g/mol. The summed E-state index contributed by atoms with van der Waals surface area (Å²) in [5.74, 6) is 1.99. The van der Waals surface area contributed by atoms with Crippen molar-refractivity contribution in [3.63, 3.8) is 0 Å². The molecule has 5 rings (SSSR count). The van der Waals surface area contributed by atoms with Crippen molar-refractivity contribution in [2.45, 2.75) is 33.0 Å². The van der Waals surface area contributed by atoms with E-state index < -0.39 is 0 Å². The van der Waals surface area contributed by atoms with Gasteiger partial charge in [0.1, 0.15) is 18.2 Å². The molecular formula is C16H17N9O. The van der Waals surface area contributed by atoms with Gasteiger partial charge in [-0.1, -0.05) is 5.16 Å². The Morgan fingerprint density at radius 1 is 1.23 bits per heavy atom. The van der Waals surface area contributed by atoms with Crippen LogP contribution in [0.4, 0.5) is 0 Å². The molecule has 1 aliphatic heterocycles. The minimum Gasteiger partial charge on any atom is -0.337 e. The van der Waals surface area contributed by atoms with Gasteiger partial charge < -0.3 is 9.09 Å². The maximum absolute atomic E-state index is 5.58. The van der Waals surface area contributed by atoms with E-state index in [-0.39, 0.29) is 6.04 Å². The minimum absolute atomic E-state index is 0.0296. The minimum atomic E-state index is -0.0296. The molecule has 26 heavy (non-hydrogen) atoms. The lowest BCUT2D eigenvalue weighted by atomic mass is 10.2. The molecule has 132 valence electrons. The molecule has 0 saturated heterocycles. The molecule has 4 aromatic rings. The van der Waals surface area contributed by atoms with Crippen LogP contribution in [-0.4, -0.2) is 51.5 Å². The van der Waals surface area contributed by atoms with Gasteiger partial charge in [0.25, 0.3) is 0 Å². The van der Waals surface area contributed by atoms with E-state index in [2.05, 4.69) is 35.3 Å². The van der Waals surface area contributed by atoms with Gasteiger partial charge >= 0.3 is 0 Å². The smallest absolute Gasteiger partial charge is 0.246 e. The second kappa shape index (κ2) is 5.43. The van der Waals surface area contributed by atoms with E-state index in [4.69, 9.17) is 4.52 Å². The zero-order valence-electron chi connectivity index (χ0n) is 14.7. The lowest BCUT2D eigenvalue weighted by Gasteiger charge is -2.29. The van der Waals surface area contributed by atoms with Gasteiger partial charge in [0.15, 0.2) is 5.65 Å². The molecule has 10 nitrogen and oxygen atoms in total. The summed E-state index contributed by atoms with van der Waals surface area (Å²) in [7, 11) is 2.01. The Labute approximate surface area is 148 Å². The van der Waals surface area contributed by atoms with Crippen LogP contribution in [0.2, 0.25) is 0 Å². The maximum atomic E-state index is 5.58. The standard InChI is InChI=1S/C16H17N9O/c1-9-4-10(2)25-15(19-9)11(5-18-25)14-20-16(26-22-14)12-6-24-8-17-21-13(24)7-23(12)3/h4-5,8,12H,6-7H2,1-3H3. The summed E-state index contributed by atoms with van der Waals surface area (Å²) in [5, 5.41) is 16.7. The first-order chi connectivity index (χ1) is 12.6. The number of aromatic nitrogens is 8. The summed E-state index contributed by atoms with van der Waals surface area (Å²) >= 11 is 0. The summed E-state index contributed by atoms with van der Waals surface area (Å²) in [6, 6.07) is 1.96. The summed E-state index contributed by atoms with van der Waals surface area (Å²) in [6.07, 6.45) is 3.46. The van der Waals surface area contributed by atoms with E-state index >= 15 is 0 Å². The fourth-order valence-electron chi connectivity index (χ4n) is 3.39. The fraction of sp³-hybridized carbons (Fsp3) is 0.375. The average molecular weight is 351 g/mol. The average Bonchev–Trinajstić information content (AvgIpc) is 3.31. The van der Waals surface area contributed by atoms with Crippen molar-refractivity contribution >= 4 is 5.65 Å². The third kappa shape index (κ3) is 2.22. The number of nitrogens with zero attached hydrogens (tertiary/aromatic N) is 9. The largest absolute Gasteiger partial charge is 0.337 e. The summed E-state index contributed by atoms with van der Waals surface area (Å²) in [6.45, 7) is 5.30. The van der Waals surface area contributed by atoms with Crippen LogP contribution in [-0.2, 0) is 13.1 Å². The zero-order chi connectivity index (χ0) is 17.8. The lowest BCUT2D eigenvalue weighted by Crippen LogP contribution is -2.34. The molecule has 5 heterocycles. The first-order valence-electron chi connectivity index (χ1n) is 8.33. The highest BCUT2D eigenvalue weighted by Gasteiger charge is 2.30. The quantitative estimate of drug-likeness (QED) is 0.530. The molecule has 0 fully saturated rings. The van der Waals surface area contributed by atoms with Crippen LogP contribution in [0.25, 0.3) is 17.0 Å². The van der Waals surface area contributed by atoms with Crippen LogP contribution in [0.5, 0.6) is 0 Å². The Bertz CT molecular complexity index is 1110. The van der Waals surface area contributed by atoms with Crippen molar-refractivity contribution in [1.82, 2.24) is 44.4 Å². The molecule has 0 saturated carbocycles. The van der Waals surface area contributed by atoms with Crippen LogP contribution in [0.15, 0.2) is 23.1 Å². The van der Waals surface area contributed by atoms with Gasteiger partial charge in [-0.15, -0.1) is 10.2 Å². The molecule has 1 atom stereocenters. The van der Waals surface area contributed by atoms with Gasteiger partial charge in [-0.25, -0.2) is 9.50 Å². The Balaban J connectivity index is 1.53. The van der Waals surface area contributed by atoms with Crippen molar-refractivity contribution in [3.8, 4) is 11.4 Å². The summed E-state index contributed by atoms with van der Waals surface area (Å²) in [5.41, 5.74) is 3.42. The van der Waals surface area contributed by atoms with Gasteiger partial charge in [-0.2, -0.15) is 10.1 Å². The van der Waals surface area contributed by atoms with Crippen LogP contribution < -0.4 is 0 Å². The predicted molar refractivity (Wildman–Crippen MR) is 90.0 cm³/mol. The number of rotatable bonds is 2. The van der Waals surface area contributed by atoms with Crippen LogP contribution >= 0.6 is 0 Å². The highest BCUT2D eigenvalue weighted by atomic mass is 16.5. The number of aryl methyl sites for hydroxylation is 2. The Hall–Kier alpha value is -3.14. The molecule has 0 N–H and O–H groups in total. The molecule has 4 aromatic heterocycles. The zero-order valence-corrected chi connectivity index (χ0v) is 14.7. The third-order valence-electron chi connectivity index (χ3n) is 4.73. The molecule has 0 aromatic carbocycles. The molecule has 0 aliphatic carbocycles. The first-order valence-corrected chi connectivity index (χ1v) is 8.33. The predicted octanol–water partition coefficient (Wildman–Crippen LogP) is 1.17. The summed E-state index contributed by atoms with van der Waals surface area (Å²) in [4.78, 5) is 11.3. The van der Waals surface area contributed by atoms with Crippen molar-refractivity contribution in [2.75, 3.05) is 7.05 Å². The Morgan fingerprint density at radius 3 is 3.00 bits per heavy atom. The number of fused-ring (bicyclic) bond motifs is 2. The second-order valence-corrected chi connectivity index (χ2v) is 6.62. The molecule has 1 unspecified atom stereocenters. The van der Waals surface area contributed by atoms with E-state index in [9.17, 15) is 0 Å². The number of likely N-dealkylation sites (N-methyl/N-ethyl adjacent to an activating group) is 1. The van der Waals surface area contributed by atoms with Gasteiger partial charge in [0.2, 0.25) is 11.7 Å². The van der Waals surface area contributed by atoms with Crippen LogP contribution in [0.3, 0.4) is 0 Å². The van der Waals surface area contributed by atoms with Gasteiger partial charge in [-0.3, -0.25) is 4.90 Å². The second-order valence-electron chi connectivity index (χ2n) is 6.62. The SMILES string of the molecule is Cc1cc(C)n2ncc(-c3noc(C4Cn5cnnc5CN4C)n3)c2n1. The van der Waals surface area contributed by atoms with E-state index in [1.165, 1.54) is 0 Å². The fourth-order valence-corrected chi connectivity index (χ4v) is 3.39. The third-order valence-corrected chi connectivity index (χ3v) is 4.73. The number of hydrogen-bond acceptors (Lipinski definition) is 8. The van der Waals surface area contributed by atoms with E-state index in [0.29, 0.717) is 24.8 Å². The van der Waals surface area contributed by atoms with E-state index in [1.54, 1.807) is 17.0 Å². The topological polar surface area (TPSA) is 103 Å². The maximum Gasteiger partial charge on any atom is 0.246 e. The van der Waals surface area contributed by atoms with Gasteiger partial charge in [0, 0.05) is 17.9 Å². The van der Waals surface area contributed by atoms with Crippen molar-refractivity contribution in [3.05, 3.63) is 41.7 Å². The highest BCUT2D eigenvalue weighted by molar-refractivity contribution is 5.72. The molecule has 0 amide bonds. The number of hydrogen-bond donors (Lipinski definition) is 0. The normalized spacial score (nSPS) is 17.7. The van der Waals surface area contributed by atoms with Crippen molar-refractivity contribution in [2.24, 2.45) is 0 Å². The Morgan fingerprint density at radius 2 is 2.12 bits per heavy atom. The van der Waals surface area contributed by atoms with Gasteiger partial charge in [-0.05, 0) is 27.0 Å². The van der Waals surface area contributed by atoms with Gasteiger partial charge in [0.05, 0.1) is 18.3 Å². The Kier molecular flexibility index (Phi) is 3.16. The lowest BCUT2D eigenvalue weighted by molar-refractivity contribution is 0.139. The van der Waals surface area contributed by atoms with E-state index in [0.717, 1.165) is 28.4 Å².